The number of amides is 2. The van der Waals surface area contributed by atoms with E-state index in [1.165, 1.54) is 6.42 Å². The molecule has 0 aromatic carbocycles. The first kappa shape index (κ1) is 14.8. The molecule has 104 valence electrons. The number of carboxylic acids is 1. The standard InChI is InChI=1S/C12H22N2O4/c1-2-8-4-3-5-9(6-8)13-12(18)14-10(7-15)11(16)17/h8-10,15H,2-7H2,1H3,(H,16,17)(H2,13,14,18)/t8?,9?,10-/m0/s1. The Morgan fingerprint density at radius 3 is 2.67 bits per heavy atom. The third-order valence-electron chi connectivity index (χ3n) is 3.48. The Morgan fingerprint density at radius 1 is 1.39 bits per heavy atom. The van der Waals surface area contributed by atoms with Crippen molar-refractivity contribution in [3.05, 3.63) is 0 Å². The molecule has 3 atom stereocenters. The molecule has 0 radical (unpaired) electrons. The number of carbonyl (C=O) groups is 2. The van der Waals surface area contributed by atoms with Crippen molar-refractivity contribution in [2.45, 2.75) is 51.1 Å². The topological polar surface area (TPSA) is 98.7 Å². The third kappa shape index (κ3) is 4.52. The van der Waals surface area contributed by atoms with Crippen LogP contribution in [0, 0.1) is 5.92 Å². The van der Waals surface area contributed by atoms with Crippen molar-refractivity contribution < 1.29 is 19.8 Å². The second-order valence-electron chi connectivity index (χ2n) is 4.83. The third-order valence-corrected chi connectivity index (χ3v) is 3.48. The van der Waals surface area contributed by atoms with Gasteiger partial charge in [0.25, 0.3) is 0 Å². The van der Waals surface area contributed by atoms with Gasteiger partial charge in [0, 0.05) is 6.04 Å². The Balaban J connectivity index is 2.37. The molecule has 1 rings (SSSR count). The number of aliphatic hydroxyl groups is 1. The Kier molecular flexibility index (Phi) is 5.91. The van der Waals surface area contributed by atoms with Crippen molar-refractivity contribution >= 4 is 12.0 Å². The van der Waals surface area contributed by atoms with Crippen LogP contribution >= 0.6 is 0 Å². The number of aliphatic hydroxyl groups excluding tert-OH is 1. The van der Waals surface area contributed by atoms with E-state index in [-0.39, 0.29) is 6.04 Å². The minimum atomic E-state index is -1.24. The molecule has 0 heterocycles. The highest BCUT2D eigenvalue weighted by Crippen LogP contribution is 2.26. The Bertz CT molecular complexity index is 296. The van der Waals surface area contributed by atoms with E-state index >= 15 is 0 Å². The number of rotatable bonds is 5. The first-order chi connectivity index (χ1) is 8.56. The Morgan fingerprint density at radius 2 is 2.11 bits per heavy atom. The van der Waals surface area contributed by atoms with Gasteiger partial charge in [-0.2, -0.15) is 0 Å². The highest BCUT2D eigenvalue weighted by atomic mass is 16.4. The molecule has 0 saturated heterocycles. The molecule has 1 saturated carbocycles. The monoisotopic (exact) mass is 258 g/mol. The first-order valence-electron chi connectivity index (χ1n) is 6.47. The van der Waals surface area contributed by atoms with E-state index in [4.69, 9.17) is 10.2 Å². The van der Waals surface area contributed by atoms with Gasteiger partial charge in [0.15, 0.2) is 6.04 Å². The predicted molar refractivity (Wildman–Crippen MR) is 66.2 cm³/mol. The fourth-order valence-electron chi connectivity index (χ4n) is 2.36. The highest BCUT2D eigenvalue weighted by Gasteiger charge is 2.24. The minimum absolute atomic E-state index is 0.108. The molecule has 2 unspecified atom stereocenters. The van der Waals surface area contributed by atoms with Crippen molar-refractivity contribution in [2.75, 3.05) is 6.61 Å². The lowest BCUT2D eigenvalue weighted by molar-refractivity contribution is -0.140. The summed E-state index contributed by atoms with van der Waals surface area (Å²) in [6, 6.07) is -1.65. The molecule has 6 nitrogen and oxygen atoms in total. The number of aliphatic carboxylic acids is 1. The summed E-state index contributed by atoms with van der Waals surface area (Å²) < 4.78 is 0. The molecule has 0 aliphatic heterocycles. The van der Waals surface area contributed by atoms with Crippen LogP contribution in [-0.2, 0) is 4.79 Å². The molecule has 1 aliphatic rings. The van der Waals surface area contributed by atoms with Crippen molar-refractivity contribution in [1.82, 2.24) is 10.6 Å². The minimum Gasteiger partial charge on any atom is -0.480 e. The van der Waals surface area contributed by atoms with E-state index in [0.29, 0.717) is 5.92 Å². The van der Waals surface area contributed by atoms with Crippen LogP contribution in [0.5, 0.6) is 0 Å². The maximum absolute atomic E-state index is 11.6. The second kappa shape index (κ2) is 7.20. The molecule has 0 spiro atoms. The summed E-state index contributed by atoms with van der Waals surface area (Å²) in [4.78, 5) is 22.2. The highest BCUT2D eigenvalue weighted by molar-refractivity contribution is 5.82. The van der Waals surface area contributed by atoms with Gasteiger partial charge in [0.2, 0.25) is 0 Å². The Hall–Kier alpha value is -1.30. The summed E-state index contributed by atoms with van der Waals surface area (Å²) >= 11 is 0. The van der Waals surface area contributed by atoms with Crippen LogP contribution in [0.2, 0.25) is 0 Å². The lowest BCUT2D eigenvalue weighted by Gasteiger charge is -2.29. The van der Waals surface area contributed by atoms with Crippen LogP contribution in [-0.4, -0.2) is 40.9 Å². The Labute approximate surface area is 107 Å². The number of hydrogen-bond acceptors (Lipinski definition) is 3. The van der Waals surface area contributed by atoms with E-state index in [1.807, 2.05) is 0 Å². The fraction of sp³-hybridized carbons (Fsp3) is 0.833. The average molecular weight is 258 g/mol. The molecular weight excluding hydrogens is 236 g/mol. The summed E-state index contributed by atoms with van der Waals surface area (Å²) in [6.45, 7) is 1.53. The summed E-state index contributed by atoms with van der Waals surface area (Å²) in [7, 11) is 0. The van der Waals surface area contributed by atoms with E-state index < -0.39 is 24.6 Å². The maximum atomic E-state index is 11.6. The molecule has 0 aromatic heterocycles. The van der Waals surface area contributed by atoms with Crippen LogP contribution in [0.3, 0.4) is 0 Å². The van der Waals surface area contributed by atoms with Gasteiger partial charge in [-0.15, -0.1) is 0 Å². The normalized spacial score (nSPS) is 25.2. The van der Waals surface area contributed by atoms with Crippen molar-refractivity contribution in [1.29, 1.82) is 0 Å². The van der Waals surface area contributed by atoms with E-state index in [9.17, 15) is 9.59 Å². The number of nitrogens with one attached hydrogen (secondary N) is 2. The lowest BCUT2D eigenvalue weighted by Crippen LogP contribution is -2.51. The molecule has 2 amide bonds. The van der Waals surface area contributed by atoms with E-state index in [2.05, 4.69) is 17.6 Å². The van der Waals surface area contributed by atoms with Crippen LogP contribution in [0.4, 0.5) is 4.79 Å². The van der Waals surface area contributed by atoms with Crippen LogP contribution in [0.15, 0.2) is 0 Å². The number of carbonyl (C=O) groups excluding carboxylic acids is 1. The van der Waals surface area contributed by atoms with Crippen molar-refractivity contribution in [3.63, 3.8) is 0 Å². The molecule has 1 fully saturated rings. The van der Waals surface area contributed by atoms with Gasteiger partial charge in [-0.1, -0.05) is 26.2 Å². The molecule has 0 bridgehead atoms. The zero-order chi connectivity index (χ0) is 13.5. The summed E-state index contributed by atoms with van der Waals surface area (Å²) in [5.74, 6) is -0.597. The van der Waals surface area contributed by atoms with Gasteiger partial charge < -0.3 is 20.8 Å². The van der Waals surface area contributed by atoms with Gasteiger partial charge >= 0.3 is 12.0 Å². The molecule has 18 heavy (non-hydrogen) atoms. The van der Waals surface area contributed by atoms with E-state index in [1.54, 1.807) is 0 Å². The molecule has 6 heteroatoms. The maximum Gasteiger partial charge on any atom is 0.328 e. The van der Waals surface area contributed by atoms with Crippen LogP contribution in [0.1, 0.15) is 39.0 Å². The first-order valence-corrected chi connectivity index (χ1v) is 6.47. The number of hydrogen-bond donors (Lipinski definition) is 4. The van der Waals surface area contributed by atoms with Crippen LogP contribution < -0.4 is 10.6 Å². The number of carboxylic acid groups (broad SMARTS) is 1. The fourth-order valence-corrected chi connectivity index (χ4v) is 2.36. The van der Waals surface area contributed by atoms with Crippen LogP contribution in [0.25, 0.3) is 0 Å². The molecule has 4 N–H and O–H groups in total. The average Bonchev–Trinajstić information content (AvgIpc) is 2.35. The van der Waals surface area contributed by atoms with Gasteiger partial charge in [-0.3, -0.25) is 0 Å². The van der Waals surface area contributed by atoms with Gasteiger partial charge in [-0.25, -0.2) is 9.59 Å². The summed E-state index contributed by atoms with van der Waals surface area (Å²) in [6.07, 6.45) is 5.27. The molecule has 1 aliphatic carbocycles. The molecule has 0 aromatic rings. The predicted octanol–water partition coefficient (Wildman–Crippen LogP) is 0.700. The lowest BCUT2D eigenvalue weighted by atomic mass is 9.84. The second-order valence-corrected chi connectivity index (χ2v) is 4.83. The van der Waals surface area contributed by atoms with Crippen molar-refractivity contribution in [2.24, 2.45) is 5.92 Å². The summed E-state index contributed by atoms with van der Waals surface area (Å²) in [5.41, 5.74) is 0. The van der Waals surface area contributed by atoms with Crippen molar-refractivity contribution in [3.8, 4) is 0 Å². The zero-order valence-corrected chi connectivity index (χ0v) is 10.7. The zero-order valence-electron chi connectivity index (χ0n) is 10.7. The SMILES string of the molecule is CCC1CCCC(NC(=O)N[C@@H](CO)C(=O)O)C1. The smallest absolute Gasteiger partial charge is 0.328 e. The summed E-state index contributed by atoms with van der Waals surface area (Å²) in [5, 5.41) is 22.5. The van der Waals surface area contributed by atoms with E-state index in [0.717, 1.165) is 25.7 Å². The molecular formula is C12H22N2O4. The number of urea groups is 1. The van der Waals surface area contributed by atoms with Gasteiger partial charge in [0.05, 0.1) is 6.61 Å². The quantitative estimate of drug-likeness (QED) is 0.583. The van der Waals surface area contributed by atoms with Gasteiger partial charge in [0.1, 0.15) is 0 Å². The largest absolute Gasteiger partial charge is 0.480 e. The van der Waals surface area contributed by atoms with Gasteiger partial charge in [-0.05, 0) is 18.8 Å².